The lowest BCUT2D eigenvalue weighted by Crippen LogP contribution is -2.41. The Labute approximate surface area is 177 Å². The number of aromatic hydroxyl groups is 1. The molecule has 2 amide bonds. The van der Waals surface area contributed by atoms with Crippen molar-refractivity contribution in [2.45, 2.75) is 26.2 Å². The topological polar surface area (TPSA) is 84.9 Å². The molecule has 3 N–H and O–H groups in total. The summed E-state index contributed by atoms with van der Waals surface area (Å²) < 4.78 is 0. The minimum absolute atomic E-state index is 0.116. The summed E-state index contributed by atoms with van der Waals surface area (Å²) in [5, 5.41) is 18.8. The highest BCUT2D eigenvalue weighted by Crippen LogP contribution is 2.34. The van der Waals surface area contributed by atoms with Gasteiger partial charge < -0.3 is 15.7 Å². The third-order valence-corrected chi connectivity index (χ3v) is 5.11. The lowest BCUT2D eigenvalue weighted by Gasteiger charge is -2.27. The molecule has 2 aliphatic rings. The van der Waals surface area contributed by atoms with Crippen molar-refractivity contribution in [2.24, 2.45) is 5.92 Å². The third kappa shape index (κ3) is 5.17. The van der Waals surface area contributed by atoms with E-state index in [2.05, 4.69) is 10.6 Å². The van der Waals surface area contributed by atoms with Crippen LogP contribution in [-0.4, -0.2) is 43.1 Å². The molecule has 4 rings (SSSR count). The molecule has 7 nitrogen and oxygen atoms in total. The number of unbranched alkanes of at least 4 members (excludes halogenated alkanes) is 1. The van der Waals surface area contributed by atoms with Crippen LogP contribution in [0.3, 0.4) is 0 Å². The Kier molecular flexibility index (Phi) is 7.82. The zero-order chi connectivity index (χ0) is 21.3. The van der Waals surface area contributed by atoms with Gasteiger partial charge in [-0.25, -0.2) is 10.0 Å². The van der Waals surface area contributed by atoms with Crippen molar-refractivity contribution >= 4 is 23.2 Å². The normalized spacial score (nSPS) is 18.9. The zero-order valence-corrected chi connectivity index (χ0v) is 17.4. The first-order valence-electron chi connectivity index (χ1n) is 10.6. The van der Waals surface area contributed by atoms with Gasteiger partial charge in [0.2, 0.25) is 0 Å². The summed E-state index contributed by atoms with van der Waals surface area (Å²) in [6.45, 7) is 6.59. The fourth-order valence-electron chi connectivity index (χ4n) is 3.51. The van der Waals surface area contributed by atoms with Crippen LogP contribution in [0.2, 0.25) is 0 Å². The van der Waals surface area contributed by atoms with E-state index in [4.69, 9.17) is 0 Å². The highest BCUT2D eigenvalue weighted by atomic mass is 16.3. The van der Waals surface area contributed by atoms with E-state index >= 15 is 0 Å². The van der Waals surface area contributed by atoms with Gasteiger partial charge in [0.05, 0.1) is 11.4 Å². The Balaban J connectivity index is 0.000000367. The van der Waals surface area contributed by atoms with Crippen molar-refractivity contribution in [2.75, 3.05) is 36.2 Å². The van der Waals surface area contributed by atoms with Gasteiger partial charge >= 0.3 is 0 Å². The van der Waals surface area contributed by atoms with Crippen LogP contribution in [0.15, 0.2) is 54.6 Å². The number of rotatable bonds is 5. The Hall–Kier alpha value is -2.90. The molecule has 1 unspecified atom stereocenters. The molecule has 7 heteroatoms. The van der Waals surface area contributed by atoms with E-state index in [1.54, 1.807) is 24.3 Å². The van der Waals surface area contributed by atoms with Crippen LogP contribution in [0, 0.1) is 5.92 Å². The number of nitrogens with one attached hydrogen (secondary N) is 2. The first kappa shape index (κ1) is 21.8. The van der Waals surface area contributed by atoms with E-state index in [0.717, 1.165) is 39.0 Å². The molecule has 2 aromatic carbocycles. The first-order valence-corrected chi connectivity index (χ1v) is 10.6. The summed E-state index contributed by atoms with van der Waals surface area (Å²) >= 11 is 0. The molecule has 0 spiro atoms. The van der Waals surface area contributed by atoms with E-state index in [0.29, 0.717) is 17.8 Å². The molecule has 2 fully saturated rings. The number of anilines is 2. The third-order valence-electron chi connectivity index (χ3n) is 5.11. The average molecular weight is 411 g/mol. The molecular weight excluding hydrogens is 380 g/mol. The second-order valence-electron chi connectivity index (χ2n) is 7.35. The predicted octanol–water partition coefficient (Wildman–Crippen LogP) is 2.67. The Morgan fingerprint density at radius 2 is 1.33 bits per heavy atom. The lowest BCUT2D eigenvalue weighted by atomic mass is 10.0. The smallest absolute Gasteiger partial charge is 0.258 e. The number of hydrogen-bond acceptors (Lipinski definition) is 5. The molecule has 1 atom stereocenters. The van der Waals surface area contributed by atoms with Crippen LogP contribution in [0.1, 0.15) is 26.2 Å². The quantitative estimate of drug-likeness (QED) is 0.660. The SMILES string of the molecule is C1CNCCN1.CCCCC1C(=O)N(c2ccccc2)N(c2ccc(O)cc2)C1=O. The second kappa shape index (κ2) is 10.8. The molecule has 2 heterocycles. The van der Waals surface area contributed by atoms with Crippen molar-refractivity contribution in [1.29, 1.82) is 0 Å². The van der Waals surface area contributed by atoms with Gasteiger partial charge in [0.15, 0.2) is 0 Å². The van der Waals surface area contributed by atoms with Crippen LogP contribution in [-0.2, 0) is 9.59 Å². The maximum atomic E-state index is 12.9. The molecule has 0 aliphatic carbocycles. The van der Waals surface area contributed by atoms with Crippen molar-refractivity contribution in [3.63, 3.8) is 0 Å². The molecule has 160 valence electrons. The summed E-state index contributed by atoms with van der Waals surface area (Å²) in [7, 11) is 0. The van der Waals surface area contributed by atoms with Crippen molar-refractivity contribution in [3.8, 4) is 5.75 Å². The molecule has 0 saturated carbocycles. The molecule has 0 bridgehead atoms. The van der Waals surface area contributed by atoms with Crippen LogP contribution >= 0.6 is 0 Å². The second-order valence-corrected chi connectivity index (χ2v) is 7.35. The number of carbonyl (C=O) groups is 2. The summed E-state index contributed by atoms with van der Waals surface area (Å²) in [6.07, 6.45) is 2.31. The maximum absolute atomic E-state index is 12.9. The van der Waals surface area contributed by atoms with E-state index < -0.39 is 5.92 Å². The van der Waals surface area contributed by atoms with E-state index in [-0.39, 0.29) is 17.6 Å². The highest BCUT2D eigenvalue weighted by molar-refractivity contribution is 6.23. The van der Waals surface area contributed by atoms with Crippen LogP contribution in [0.4, 0.5) is 11.4 Å². The van der Waals surface area contributed by atoms with Gasteiger partial charge in [0.25, 0.3) is 11.8 Å². The largest absolute Gasteiger partial charge is 0.508 e. The van der Waals surface area contributed by atoms with Crippen LogP contribution in [0.25, 0.3) is 0 Å². The minimum atomic E-state index is -0.654. The lowest BCUT2D eigenvalue weighted by molar-refractivity contribution is -0.127. The van der Waals surface area contributed by atoms with Gasteiger partial charge in [-0.1, -0.05) is 38.0 Å². The monoisotopic (exact) mass is 410 g/mol. The molecule has 0 aromatic heterocycles. The van der Waals surface area contributed by atoms with Gasteiger partial charge in [-0.05, 0) is 42.8 Å². The molecule has 2 aliphatic heterocycles. The molecule has 2 aromatic rings. The van der Waals surface area contributed by atoms with Gasteiger partial charge in [-0.2, -0.15) is 0 Å². The van der Waals surface area contributed by atoms with Crippen molar-refractivity contribution in [3.05, 3.63) is 54.6 Å². The minimum Gasteiger partial charge on any atom is -0.508 e. The number of para-hydroxylation sites is 1. The Bertz CT molecular complexity index is 811. The summed E-state index contributed by atoms with van der Waals surface area (Å²) in [5.74, 6) is -0.958. The van der Waals surface area contributed by atoms with E-state index in [1.165, 1.54) is 22.2 Å². The zero-order valence-electron chi connectivity index (χ0n) is 17.4. The Morgan fingerprint density at radius 1 is 0.833 bits per heavy atom. The molecule has 0 radical (unpaired) electrons. The number of nitrogens with zero attached hydrogens (tertiary/aromatic N) is 2. The number of hydrazine groups is 1. The summed E-state index contributed by atoms with van der Waals surface area (Å²) in [5.41, 5.74) is 1.22. The number of phenols is 1. The maximum Gasteiger partial charge on any atom is 0.258 e. The van der Waals surface area contributed by atoms with Gasteiger partial charge in [0, 0.05) is 26.2 Å². The number of amides is 2. The van der Waals surface area contributed by atoms with Gasteiger partial charge in [-0.3, -0.25) is 9.59 Å². The fourth-order valence-corrected chi connectivity index (χ4v) is 3.51. The highest BCUT2D eigenvalue weighted by Gasteiger charge is 2.46. The van der Waals surface area contributed by atoms with E-state index in [9.17, 15) is 14.7 Å². The number of benzene rings is 2. The van der Waals surface area contributed by atoms with Gasteiger partial charge in [0.1, 0.15) is 11.7 Å². The standard InChI is InChI=1S/C19H20N2O3.C4H10N2/c1-2-3-9-17-18(23)20(14-7-5-4-6-8-14)21(19(17)24)15-10-12-16(22)13-11-15;1-2-6-4-3-5-1/h4-8,10-13,17,22H,2-3,9H2,1H3;5-6H,1-4H2. The van der Waals surface area contributed by atoms with E-state index in [1.807, 2.05) is 25.1 Å². The van der Waals surface area contributed by atoms with Crippen molar-refractivity contribution in [1.82, 2.24) is 10.6 Å². The first-order chi connectivity index (χ1) is 14.6. The molecular formula is C23H30N4O3. The number of piperazine rings is 1. The van der Waals surface area contributed by atoms with Crippen molar-refractivity contribution < 1.29 is 14.7 Å². The number of phenolic OH excluding ortho intramolecular Hbond substituents is 1. The Morgan fingerprint density at radius 3 is 1.80 bits per heavy atom. The average Bonchev–Trinajstić information content (AvgIpc) is 3.04. The summed E-state index contributed by atoms with van der Waals surface area (Å²) in [4.78, 5) is 25.8. The van der Waals surface area contributed by atoms with Crippen LogP contribution in [0.5, 0.6) is 5.75 Å². The van der Waals surface area contributed by atoms with Gasteiger partial charge in [-0.15, -0.1) is 0 Å². The summed E-state index contributed by atoms with van der Waals surface area (Å²) in [6, 6.07) is 15.4. The number of carbonyl (C=O) groups excluding carboxylic acids is 2. The fraction of sp³-hybridized carbons (Fsp3) is 0.391. The van der Waals surface area contributed by atoms with Crippen LogP contribution < -0.4 is 20.7 Å². The number of hydrogen-bond donors (Lipinski definition) is 3. The predicted molar refractivity (Wildman–Crippen MR) is 118 cm³/mol. The molecule has 30 heavy (non-hydrogen) atoms. The molecule has 2 saturated heterocycles.